The Balaban J connectivity index is 2.16. The third-order valence-corrected chi connectivity index (χ3v) is 4.21. The fourth-order valence-electron chi connectivity index (χ4n) is 2.42. The van der Waals surface area contributed by atoms with Crippen LogP contribution in [0.3, 0.4) is 0 Å². The van der Waals surface area contributed by atoms with Crippen LogP contribution in [0.1, 0.15) is 31.2 Å². The molecule has 19 heavy (non-hydrogen) atoms. The Labute approximate surface area is 114 Å². The van der Waals surface area contributed by atoms with Gasteiger partial charge >= 0.3 is 12.0 Å². The van der Waals surface area contributed by atoms with Crippen LogP contribution in [0.2, 0.25) is 0 Å². The predicted molar refractivity (Wildman–Crippen MR) is 70.3 cm³/mol. The van der Waals surface area contributed by atoms with Crippen molar-refractivity contribution < 1.29 is 14.7 Å². The molecule has 0 saturated carbocycles. The van der Waals surface area contributed by atoms with Crippen molar-refractivity contribution >= 4 is 28.5 Å². The van der Waals surface area contributed by atoms with E-state index in [-0.39, 0.29) is 0 Å². The van der Waals surface area contributed by atoms with Gasteiger partial charge in [-0.2, -0.15) is 0 Å². The summed E-state index contributed by atoms with van der Waals surface area (Å²) in [6.45, 7) is 4.02. The average Bonchev–Trinajstić information content (AvgIpc) is 2.95. The normalized spacial score (nSPS) is 22.5. The summed E-state index contributed by atoms with van der Waals surface area (Å²) in [7, 11) is 0. The van der Waals surface area contributed by atoms with E-state index in [2.05, 4.69) is 15.5 Å². The fourth-order valence-corrected chi connectivity index (χ4v) is 3.00. The number of hydrogen-bond donors (Lipinski definition) is 2. The molecule has 104 valence electrons. The van der Waals surface area contributed by atoms with Crippen molar-refractivity contribution in [2.75, 3.05) is 11.9 Å². The summed E-state index contributed by atoms with van der Waals surface area (Å²) < 4.78 is 0. The third-order valence-electron chi connectivity index (χ3n) is 3.46. The smallest absolute Gasteiger partial charge is 0.329 e. The molecular formula is C11H16N4O3S. The molecule has 8 heteroatoms. The molecule has 2 heterocycles. The van der Waals surface area contributed by atoms with E-state index in [0.717, 1.165) is 5.01 Å². The van der Waals surface area contributed by atoms with E-state index in [1.165, 1.54) is 16.2 Å². The van der Waals surface area contributed by atoms with Gasteiger partial charge in [0.05, 0.1) is 0 Å². The summed E-state index contributed by atoms with van der Waals surface area (Å²) in [6.07, 6.45) is 1.58. The first-order chi connectivity index (χ1) is 8.99. The molecule has 1 fully saturated rings. The van der Waals surface area contributed by atoms with Crippen molar-refractivity contribution in [2.45, 2.75) is 38.6 Å². The van der Waals surface area contributed by atoms with E-state index in [9.17, 15) is 14.7 Å². The highest BCUT2D eigenvalue weighted by atomic mass is 32.1. The molecule has 0 radical (unpaired) electrons. The first-order valence-corrected chi connectivity index (χ1v) is 6.93. The third kappa shape index (κ3) is 2.40. The Kier molecular flexibility index (Phi) is 3.70. The van der Waals surface area contributed by atoms with Crippen molar-refractivity contribution in [1.82, 2.24) is 15.1 Å². The zero-order chi connectivity index (χ0) is 14.0. The minimum absolute atomic E-state index is 0.393. The Morgan fingerprint density at radius 2 is 2.26 bits per heavy atom. The molecule has 1 aromatic heterocycles. The molecule has 7 nitrogen and oxygen atoms in total. The summed E-state index contributed by atoms with van der Waals surface area (Å²) in [6, 6.07) is -0.419. The Morgan fingerprint density at radius 3 is 2.79 bits per heavy atom. The zero-order valence-electron chi connectivity index (χ0n) is 10.8. The monoisotopic (exact) mass is 284 g/mol. The number of anilines is 1. The van der Waals surface area contributed by atoms with Crippen molar-refractivity contribution in [3.63, 3.8) is 0 Å². The van der Waals surface area contributed by atoms with Gasteiger partial charge in [-0.3, -0.25) is 5.32 Å². The number of rotatable bonds is 3. The van der Waals surface area contributed by atoms with Gasteiger partial charge in [0.25, 0.3) is 0 Å². The number of aromatic nitrogens is 2. The van der Waals surface area contributed by atoms with E-state index in [4.69, 9.17) is 0 Å². The maximum atomic E-state index is 12.2. The Bertz CT molecular complexity index is 504. The van der Waals surface area contributed by atoms with Crippen molar-refractivity contribution in [2.24, 2.45) is 0 Å². The maximum Gasteiger partial charge on any atom is 0.329 e. The lowest BCUT2D eigenvalue weighted by atomic mass is 9.93. The Morgan fingerprint density at radius 1 is 1.53 bits per heavy atom. The summed E-state index contributed by atoms with van der Waals surface area (Å²) in [5.74, 6) is -0.948. The largest absolute Gasteiger partial charge is 0.479 e. The summed E-state index contributed by atoms with van der Waals surface area (Å²) in [5, 5.41) is 20.8. The molecule has 2 amide bonds. The van der Waals surface area contributed by atoms with Gasteiger partial charge in [-0.25, -0.2) is 9.59 Å². The second-order valence-electron chi connectivity index (χ2n) is 4.50. The molecular weight excluding hydrogens is 268 g/mol. The van der Waals surface area contributed by atoms with Crippen LogP contribution in [0.25, 0.3) is 0 Å². The number of nitrogens with one attached hydrogen (secondary N) is 1. The van der Waals surface area contributed by atoms with E-state index in [1.54, 1.807) is 13.8 Å². The first kappa shape index (κ1) is 13.7. The molecule has 1 atom stereocenters. The molecule has 0 aromatic carbocycles. The number of carboxylic acid groups (broad SMARTS) is 1. The molecule has 0 aliphatic carbocycles. The number of carboxylic acids is 1. The number of carbonyl (C=O) groups excluding carboxylic acids is 1. The van der Waals surface area contributed by atoms with Crippen LogP contribution in [0.5, 0.6) is 0 Å². The molecule has 1 aromatic rings. The molecule has 0 spiro atoms. The van der Waals surface area contributed by atoms with E-state index < -0.39 is 17.5 Å². The van der Waals surface area contributed by atoms with Gasteiger partial charge in [0.15, 0.2) is 0 Å². The predicted octanol–water partition coefficient (Wildman–Crippen LogP) is 1.71. The highest BCUT2D eigenvalue weighted by Gasteiger charge is 2.48. The number of amides is 2. The number of likely N-dealkylation sites (tertiary alicyclic amines) is 1. The second kappa shape index (κ2) is 5.12. The van der Waals surface area contributed by atoms with E-state index >= 15 is 0 Å². The van der Waals surface area contributed by atoms with Crippen molar-refractivity contribution in [1.29, 1.82) is 0 Å². The highest BCUT2D eigenvalue weighted by molar-refractivity contribution is 7.15. The summed E-state index contributed by atoms with van der Waals surface area (Å²) >= 11 is 1.26. The van der Waals surface area contributed by atoms with Crippen LogP contribution in [0.15, 0.2) is 0 Å². The van der Waals surface area contributed by atoms with E-state index in [1.807, 2.05) is 0 Å². The lowest BCUT2D eigenvalue weighted by Gasteiger charge is -2.33. The van der Waals surface area contributed by atoms with Gasteiger partial charge in [-0.1, -0.05) is 18.3 Å². The number of urea groups is 1. The maximum absolute atomic E-state index is 12.2. The standard InChI is InChI=1S/C11H16N4O3S/c1-3-11(8(16)17)5-4-6-15(11)10(18)12-9-14-13-7(2)19-9/h3-6H2,1-2H3,(H,16,17)(H,12,14,18). The molecule has 1 unspecified atom stereocenters. The minimum atomic E-state index is -1.09. The minimum Gasteiger partial charge on any atom is -0.479 e. The van der Waals surface area contributed by atoms with Crippen molar-refractivity contribution in [3.8, 4) is 0 Å². The quantitative estimate of drug-likeness (QED) is 0.881. The molecule has 1 aliphatic rings. The fraction of sp³-hybridized carbons (Fsp3) is 0.636. The van der Waals surface area contributed by atoms with Gasteiger partial charge < -0.3 is 10.0 Å². The van der Waals surface area contributed by atoms with Gasteiger partial charge in [-0.05, 0) is 26.2 Å². The number of nitrogens with zero attached hydrogens (tertiary/aromatic N) is 3. The van der Waals surface area contributed by atoms with Gasteiger partial charge in [-0.15, -0.1) is 10.2 Å². The van der Waals surface area contributed by atoms with Gasteiger partial charge in [0.1, 0.15) is 10.5 Å². The van der Waals surface area contributed by atoms with Gasteiger partial charge in [0.2, 0.25) is 5.13 Å². The summed E-state index contributed by atoms with van der Waals surface area (Å²) in [5.41, 5.74) is -1.09. The molecule has 0 bridgehead atoms. The van der Waals surface area contributed by atoms with Gasteiger partial charge in [0, 0.05) is 6.54 Å². The average molecular weight is 284 g/mol. The topological polar surface area (TPSA) is 95.4 Å². The second-order valence-corrected chi connectivity index (χ2v) is 5.68. The molecule has 1 saturated heterocycles. The number of aliphatic carboxylic acids is 1. The van der Waals surface area contributed by atoms with Crippen molar-refractivity contribution in [3.05, 3.63) is 5.01 Å². The van der Waals surface area contributed by atoms with Crippen LogP contribution in [-0.4, -0.2) is 44.3 Å². The number of carbonyl (C=O) groups is 2. The van der Waals surface area contributed by atoms with Crippen LogP contribution >= 0.6 is 11.3 Å². The van der Waals surface area contributed by atoms with Crippen LogP contribution in [0, 0.1) is 6.92 Å². The van der Waals surface area contributed by atoms with Crippen LogP contribution in [0.4, 0.5) is 9.93 Å². The zero-order valence-corrected chi connectivity index (χ0v) is 11.7. The molecule has 1 aliphatic heterocycles. The highest BCUT2D eigenvalue weighted by Crippen LogP contribution is 2.33. The number of aryl methyl sites for hydroxylation is 1. The SMILES string of the molecule is CCC1(C(=O)O)CCCN1C(=O)Nc1nnc(C)s1. The first-order valence-electron chi connectivity index (χ1n) is 6.11. The number of hydrogen-bond acceptors (Lipinski definition) is 5. The summed E-state index contributed by atoms with van der Waals surface area (Å²) in [4.78, 5) is 25.1. The molecule has 2 N–H and O–H groups in total. The Hall–Kier alpha value is -1.70. The lowest BCUT2D eigenvalue weighted by molar-refractivity contribution is -0.148. The van der Waals surface area contributed by atoms with Crippen LogP contribution < -0.4 is 5.32 Å². The lowest BCUT2D eigenvalue weighted by Crippen LogP contribution is -2.54. The molecule has 2 rings (SSSR count). The van der Waals surface area contributed by atoms with E-state index in [0.29, 0.717) is 30.9 Å². The van der Waals surface area contributed by atoms with Crippen LogP contribution in [-0.2, 0) is 4.79 Å².